The molecule has 0 aromatic carbocycles. The van der Waals surface area contributed by atoms with Gasteiger partial charge in [-0.1, -0.05) is 0 Å². The summed E-state index contributed by atoms with van der Waals surface area (Å²) in [5, 5.41) is 25.8. The Labute approximate surface area is 101 Å². The van der Waals surface area contributed by atoms with Crippen molar-refractivity contribution >= 4 is 0 Å². The van der Waals surface area contributed by atoms with Gasteiger partial charge in [-0.15, -0.1) is 0 Å². The first-order chi connectivity index (χ1) is 8.26. The van der Waals surface area contributed by atoms with Gasteiger partial charge in [0, 0.05) is 38.7 Å². The molecule has 0 aliphatic rings. The van der Waals surface area contributed by atoms with Gasteiger partial charge in [-0.25, -0.2) is 0 Å². The molecule has 6 heteroatoms. The lowest BCUT2D eigenvalue weighted by atomic mass is 10.2. The quantitative estimate of drug-likeness (QED) is 0.531. The lowest BCUT2D eigenvalue weighted by Crippen LogP contribution is -2.40. The summed E-state index contributed by atoms with van der Waals surface area (Å²) < 4.78 is 6.71. The molecular weight excluding hydrogens is 222 g/mol. The predicted molar refractivity (Wildman–Crippen MR) is 63.6 cm³/mol. The third-order valence-corrected chi connectivity index (χ3v) is 2.44. The molecule has 6 nitrogen and oxygen atoms in total. The molecule has 1 rings (SSSR count). The van der Waals surface area contributed by atoms with Crippen molar-refractivity contribution < 1.29 is 14.9 Å². The molecule has 98 valence electrons. The van der Waals surface area contributed by atoms with Crippen LogP contribution in [0.25, 0.3) is 0 Å². The fourth-order valence-corrected chi connectivity index (χ4v) is 1.59. The van der Waals surface area contributed by atoms with E-state index in [9.17, 15) is 5.11 Å². The zero-order chi connectivity index (χ0) is 12.5. The van der Waals surface area contributed by atoms with Crippen LogP contribution in [0.1, 0.15) is 6.42 Å². The monoisotopic (exact) mass is 243 g/mol. The highest BCUT2D eigenvalue weighted by atomic mass is 16.5. The molecule has 0 aliphatic heterocycles. The Morgan fingerprint density at radius 1 is 1.53 bits per heavy atom. The maximum Gasteiger partial charge on any atom is 0.0860 e. The standard InChI is InChI=1S/C11H21N3O3/c1-17-9-10(3-6-15)12-7-11(16)8-14-5-2-4-13-14/h2,4-5,10-12,15-16H,3,6-9H2,1H3. The van der Waals surface area contributed by atoms with E-state index in [4.69, 9.17) is 9.84 Å². The summed E-state index contributed by atoms with van der Waals surface area (Å²) in [7, 11) is 1.62. The van der Waals surface area contributed by atoms with Gasteiger partial charge < -0.3 is 20.3 Å². The van der Waals surface area contributed by atoms with Crippen molar-refractivity contribution in [2.75, 3.05) is 26.9 Å². The zero-order valence-corrected chi connectivity index (χ0v) is 10.1. The number of nitrogens with one attached hydrogen (secondary N) is 1. The van der Waals surface area contributed by atoms with Crippen LogP contribution in [0.15, 0.2) is 18.5 Å². The molecule has 0 bridgehead atoms. The maximum absolute atomic E-state index is 9.78. The number of ether oxygens (including phenoxy) is 1. The Morgan fingerprint density at radius 3 is 2.94 bits per heavy atom. The highest BCUT2D eigenvalue weighted by Gasteiger charge is 2.11. The van der Waals surface area contributed by atoms with Gasteiger partial charge in [-0.2, -0.15) is 5.10 Å². The highest BCUT2D eigenvalue weighted by molar-refractivity contribution is 4.79. The molecule has 0 saturated heterocycles. The first-order valence-corrected chi connectivity index (χ1v) is 5.75. The molecule has 17 heavy (non-hydrogen) atoms. The van der Waals surface area contributed by atoms with Gasteiger partial charge in [0.15, 0.2) is 0 Å². The minimum absolute atomic E-state index is 0.0669. The highest BCUT2D eigenvalue weighted by Crippen LogP contribution is 1.95. The SMILES string of the molecule is COCC(CCO)NCC(O)Cn1cccn1. The number of aliphatic hydroxyl groups is 2. The van der Waals surface area contributed by atoms with Gasteiger partial charge >= 0.3 is 0 Å². The van der Waals surface area contributed by atoms with Gasteiger partial charge in [0.05, 0.1) is 19.3 Å². The molecule has 0 saturated carbocycles. The van der Waals surface area contributed by atoms with E-state index in [1.165, 1.54) is 0 Å². The van der Waals surface area contributed by atoms with Gasteiger partial charge in [0.25, 0.3) is 0 Å². The third kappa shape index (κ3) is 5.78. The maximum atomic E-state index is 9.78. The number of nitrogens with zero attached hydrogens (tertiary/aromatic N) is 2. The lowest BCUT2D eigenvalue weighted by molar-refractivity contribution is 0.116. The summed E-state index contributed by atoms with van der Waals surface area (Å²) in [5.41, 5.74) is 0. The van der Waals surface area contributed by atoms with Crippen molar-refractivity contribution in [3.63, 3.8) is 0 Å². The minimum atomic E-state index is -0.507. The fourth-order valence-electron chi connectivity index (χ4n) is 1.59. The van der Waals surface area contributed by atoms with E-state index in [2.05, 4.69) is 10.4 Å². The van der Waals surface area contributed by atoms with E-state index in [0.717, 1.165) is 0 Å². The van der Waals surface area contributed by atoms with Crippen LogP contribution in [0.4, 0.5) is 0 Å². The first-order valence-electron chi connectivity index (χ1n) is 5.75. The van der Waals surface area contributed by atoms with Crippen LogP contribution in [0.3, 0.4) is 0 Å². The van der Waals surface area contributed by atoms with Gasteiger partial charge in [0.2, 0.25) is 0 Å². The second-order valence-electron chi connectivity index (χ2n) is 3.95. The Hall–Kier alpha value is -0.950. The molecule has 2 unspecified atom stereocenters. The molecule has 0 aliphatic carbocycles. The van der Waals surface area contributed by atoms with Crippen molar-refractivity contribution in [1.82, 2.24) is 15.1 Å². The molecule has 3 N–H and O–H groups in total. The summed E-state index contributed by atoms with van der Waals surface area (Å²) in [6.07, 6.45) is 3.60. The average Bonchev–Trinajstić information content (AvgIpc) is 2.79. The molecule has 2 atom stereocenters. The van der Waals surface area contributed by atoms with Crippen LogP contribution < -0.4 is 5.32 Å². The Bertz CT molecular complexity index is 273. The number of aliphatic hydroxyl groups excluding tert-OH is 2. The van der Waals surface area contributed by atoms with Crippen LogP contribution in [0.5, 0.6) is 0 Å². The Balaban J connectivity index is 2.23. The largest absolute Gasteiger partial charge is 0.396 e. The van der Waals surface area contributed by atoms with Crippen LogP contribution >= 0.6 is 0 Å². The van der Waals surface area contributed by atoms with Crippen molar-refractivity contribution in [2.24, 2.45) is 0 Å². The normalized spacial score (nSPS) is 14.8. The molecular formula is C11H21N3O3. The van der Waals surface area contributed by atoms with E-state index in [1.807, 2.05) is 12.3 Å². The first kappa shape index (κ1) is 14.1. The number of aromatic nitrogens is 2. The van der Waals surface area contributed by atoms with Crippen molar-refractivity contribution in [1.29, 1.82) is 0 Å². The smallest absolute Gasteiger partial charge is 0.0860 e. The second kappa shape index (κ2) is 8.19. The molecule has 0 amide bonds. The van der Waals surface area contributed by atoms with Crippen LogP contribution in [-0.4, -0.2) is 59.0 Å². The van der Waals surface area contributed by atoms with E-state index in [1.54, 1.807) is 18.0 Å². The van der Waals surface area contributed by atoms with E-state index in [-0.39, 0.29) is 12.6 Å². The molecule has 0 radical (unpaired) electrons. The van der Waals surface area contributed by atoms with E-state index in [0.29, 0.717) is 26.1 Å². The summed E-state index contributed by atoms with van der Waals surface area (Å²) in [4.78, 5) is 0. The van der Waals surface area contributed by atoms with Gasteiger partial charge in [-0.3, -0.25) is 4.68 Å². The van der Waals surface area contributed by atoms with Crippen molar-refractivity contribution in [3.05, 3.63) is 18.5 Å². The van der Waals surface area contributed by atoms with Gasteiger partial charge in [0.1, 0.15) is 0 Å². The molecule has 1 heterocycles. The molecule has 0 fully saturated rings. The molecule has 1 aromatic rings. The predicted octanol–water partition coefficient (Wildman–Crippen LogP) is -0.769. The Morgan fingerprint density at radius 2 is 2.35 bits per heavy atom. The average molecular weight is 243 g/mol. The Kier molecular flexibility index (Phi) is 6.80. The topological polar surface area (TPSA) is 79.5 Å². The fraction of sp³-hybridized carbons (Fsp3) is 0.727. The summed E-state index contributed by atoms with van der Waals surface area (Å²) in [5.74, 6) is 0. The van der Waals surface area contributed by atoms with Crippen LogP contribution in [0.2, 0.25) is 0 Å². The van der Waals surface area contributed by atoms with Gasteiger partial charge in [-0.05, 0) is 12.5 Å². The zero-order valence-electron chi connectivity index (χ0n) is 10.1. The number of hydrogen-bond acceptors (Lipinski definition) is 5. The minimum Gasteiger partial charge on any atom is -0.396 e. The third-order valence-electron chi connectivity index (χ3n) is 2.44. The van der Waals surface area contributed by atoms with Crippen LogP contribution in [-0.2, 0) is 11.3 Å². The summed E-state index contributed by atoms with van der Waals surface area (Å²) in [6.45, 7) is 1.54. The lowest BCUT2D eigenvalue weighted by Gasteiger charge is -2.19. The number of methoxy groups -OCH3 is 1. The summed E-state index contributed by atoms with van der Waals surface area (Å²) in [6, 6.07) is 1.89. The van der Waals surface area contributed by atoms with Crippen molar-refractivity contribution in [3.8, 4) is 0 Å². The van der Waals surface area contributed by atoms with E-state index < -0.39 is 6.10 Å². The molecule has 0 spiro atoms. The second-order valence-corrected chi connectivity index (χ2v) is 3.95. The summed E-state index contributed by atoms with van der Waals surface area (Å²) >= 11 is 0. The van der Waals surface area contributed by atoms with E-state index >= 15 is 0 Å². The number of rotatable bonds is 9. The van der Waals surface area contributed by atoms with Crippen LogP contribution in [0, 0.1) is 0 Å². The molecule has 1 aromatic heterocycles. The number of hydrogen-bond donors (Lipinski definition) is 3. The van der Waals surface area contributed by atoms with Crippen molar-refractivity contribution in [2.45, 2.75) is 25.1 Å².